The smallest absolute Gasteiger partial charge is 0.245 e. The summed E-state index contributed by atoms with van der Waals surface area (Å²) in [6.07, 6.45) is 1.25. The molecule has 2 aromatic rings. The molecule has 0 bridgehead atoms. The van der Waals surface area contributed by atoms with Crippen molar-refractivity contribution in [3.8, 4) is 0 Å². The third-order valence-corrected chi connectivity index (χ3v) is 8.65. The largest absolute Gasteiger partial charge is 0.358 e. The molecule has 1 spiro atoms. The van der Waals surface area contributed by atoms with E-state index in [1.165, 1.54) is 4.31 Å². The van der Waals surface area contributed by atoms with E-state index in [1.807, 2.05) is 24.3 Å². The molecule has 0 aromatic heterocycles. The monoisotopic (exact) mass is 458 g/mol. The second-order valence-corrected chi connectivity index (χ2v) is 10.7. The van der Waals surface area contributed by atoms with E-state index in [1.54, 1.807) is 36.2 Å². The molecule has 2 heterocycles. The van der Waals surface area contributed by atoms with Gasteiger partial charge in [0, 0.05) is 47.4 Å². The molecular weight excluding hydrogens is 439 g/mol. The molecule has 2 aliphatic heterocycles. The molecule has 0 amide bonds. The summed E-state index contributed by atoms with van der Waals surface area (Å²) in [4.78, 5) is 1.36. The van der Waals surface area contributed by atoms with Gasteiger partial charge in [-0.05, 0) is 60.5 Å². The average molecular weight is 459 g/mol. The summed E-state index contributed by atoms with van der Waals surface area (Å²) < 4.78 is 36.2. The number of rotatable bonds is 4. The molecule has 2 saturated heterocycles. The van der Waals surface area contributed by atoms with Gasteiger partial charge in [-0.15, -0.1) is 0 Å². The van der Waals surface area contributed by atoms with Gasteiger partial charge in [-0.3, -0.25) is 0 Å². The molecule has 0 saturated carbocycles. The van der Waals surface area contributed by atoms with E-state index in [-0.39, 0.29) is 4.90 Å². The summed E-state index contributed by atoms with van der Waals surface area (Å²) >= 11 is 13.5. The fourth-order valence-electron chi connectivity index (χ4n) is 3.63. The third kappa shape index (κ3) is 4.07. The van der Waals surface area contributed by atoms with Crippen molar-refractivity contribution in [3.63, 3.8) is 0 Å². The van der Waals surface area contributed by atoms with Gasteiger partial charge in [0.1, 0.15) is 5.72 Å². The Kier molecular flexibility index (Phi) is 5.95. The lowest BCUT2D eigenvalue weighted by atomic mass is 10.0. The topological polar surface area (TPSA) is 49.9 Å². The highest BCUT2D eigenvalue weighted by molar-refractivity contribution is 7.97. The molecule has 0 aliphatic carbocycles. The van der Waals surface area contributed by atoms with Crippen molar-refractivity contribution in [3.05, 3.63) is 58.6 Å². The molecule has 5 nitrogen and oxygen atoms in total. The maximum atomic E-state index is 13.2. The van der Waals surface area contributed by atoms with Crippen LogP contribution in [-0.4, -0.2) is 49.0 Å². The lowest BCUT2D eigenvalue weighted by Gasteiger charge is -2.42. The Bertz CT molecular complexity index is 929. The van der Waals surface area contributed by atoms with Crippen LogP contribution in [0, 0.1) is 0 Å². The fourth-order valence-corrected chi connectivity index (χ4v) is 6.53. The van der Waals surface area contributed by atoms with Gasteiger partial charge < -0.3 is 4.74 Å². The van der Waals surface area contributed by atoms with Crippen LogP contribution in [0.15, 0.2) is 58.3 Å². The van der Waals surface area contributed by atoms with Crippen LogP contribution in [-0.2, 0) is 14.8 Å². The van der Waals surface area contributed by atoms with Gasteiger partial charge in [-0.25, -0.2) is 12.7 Å². The molecule has 4 rings (SSSR count). The Morgan fingerprint density at radius 2 is 1.46 bits per heavy atom. The molecule has 2 fully saturated rings. The number of halogens is 2. The molecule has 28 heavy (non-hydrogen) atoms. The van der Waals surface area contributed by atoms with E-state index in [0.29, 0.717) is 36.0 Å². The van der Waals surface area contributed by atoms with Crippen LogP contribution in [0.5, 0.6) is 0 Å². The summed E-state index contributed by atoms with van der Waals surface area (Å²) in [7, 11) is -3.63. The number of hydrogen-bond donors (Lipinski definition) is 0. The third-order valence-electron chi connectivity index (χ3n) is 5.07. The van der Waals surface area contributed by atoms with Gasteiger partial charge in [-0.1, -0.05) is 23.2 Å². The van der Waals surface area contributed by atoms with Crippen LogP contribution in [0.1, 0.15) is 12.8 Å². The molecule has 0 radical (unpaired) electrons. The predicted octanol–water partition coefficient (Wildman–Crippen LogP) is 4.51. The SMILES string of the molecule is O=S(=O)(c1ccc(Cl)cc1)N1CCOC12CCN(Sc1ccc(Cl)cc1)CC2. The van der Waals surface area contributed by atoms with Crippen molar-refractivity contribution in [2.45, 2.75) is 28.4 Å². The highest BCUT2D eigenvalue weighted by atomic mass is 35.5. The Balaban J connectivity index is 1.47. The van der Waals surface area contributed by atoms with Crippen LogP contribution in [0.4, 0.5) is 0 Å². The first-order valence-electron chi connectivity index (χ1n) is 9.00. The molecule has 0 atom stereocenters. The van der Waals surface area contributed by atoms with Gasteiger partial charge in [-0.2, -0.15) is 4.31 Å². The number of hydrogen-bond acceptors (Lipinski definition) is 5. The average Bonchev–Trinajstić information content (AvgIpc) is 3.10. The molecule has 150 valence electrons. The first kappa shape index (κ1) is 20.5. The summed E-state index contributed by atoms with van der Waals surface area (Å²) in [6, 6.07) is 14.0. The zero-order valence-electron chi connectivity index (χ0n) is 15.1. The first-order valence-corrected chi connectivity index (χ1v) is 12.0. The first-order chi connectivity index (χ1) is 13.4. The van der Waals surface area contributed by atoms with E-state index in [2.05, 4.69) is 4.31 Å². The fraction of sp³-hybridized carbons (Fsp3) is 0.368. The highest BCUT2D eigenvalue weighted by Crippen LogP contribution is 2.40. The Morgan fingerprint density at radius 3 is 2.07 bits per heavy atom. The summed E-state index contributed by atoms with van der Waals surface area (Å²) in [5.74, 6) is 0. The van der Waals surface area contributed by atoms with E-state index < -0.39 is 15.7 Å². The minimum Gasteiger partial charge on any atom is -0.358 e. The second-order valence-electron chi connectivity index (χ2n) is 6.80. The number of piperidine rings is 1. The van der Waals surface area contributed by atoms with E-state index >= 15 is 0 Å². The predicted molar refractivity (Wildman–Crippen MR) is 112 cm³/mol. The van der Waals surface area contributed by atoms with Crippen LogP contribution in [0.3, 0.4) is 0 Å². The lowest BCUT2D eigenvalue weighted by molar-refractivity contribution is -0.0797. The minimum absolute atomic E-state index is 0.250. The highest BCUT2D eigenvalue weighted by Gasteiger charge is 2.50. The van der Waals surface area contributed by atoms with Crippen molar-refractivity contribution in [2.75, 3.05) is 26.2 Å². The Labute approximate surface area is 179 Å². The zero-order valence-corrected chi connectivity index (χ0v) is 18.2. The van der Waals surface area contributed by atoms with E-state index in [4.69, 9.17) is 27.9 Å². The Hall–Kier alpha value is -0.800. The standard InChI is InChI=1S/C19H20Cl2N2O3S2/c20-15-1-5-17(6-2-15)27-22-11-9-19(10-12-22)23(13-14-26-19)28(24,25)18-7-3-16(21)4-8-18/h1-8H,9-14H2. The molecule has 0 unspecified atom stereocenters. The summed E-state index contributed by atoms with van der Waals surface area (Å²) in [6.45, 7) is 2.26. The van der Waals surface area contributed by atoms with Crippen molar-refractivity contribution in [2.24, 2.45) is 0 Å². The van der Waals surface area contributed by atoms with Gasteiger partial charge in [0.25, 0.3) is 0 Å². The van der Waals surface area contributed by atoms with Gasteiger partial charge in [0.15, 0.2) is 0 Å². The number of benzene rings is 2. The van der Waals surface area contributed by atoms with Crippen molar-refractivity contribution >= 4 is 45.2 Å². The van der Waals surface area contributed by atoms with Crippen molar-refractivity contribution in [1.82, 2.24) is 8.61 Å². The van der Waals surface area contributed by atoms with E-state index in [0.717, 1.165) is 18.0 Å². The number of ether oxygens (including phenoxy) is 1. The summed E-state index contributed by atoms with van der Waals surface area (Å²) in [5.41, 5.74) is -0.768. The van der Waals surface area contributed by atoms with Crippen LogP contribution < -0.4 is 0 Å². The lowest BCUT2D eigenvalue weighted by Crippen LogP contribution is -2.53. The zero-order chi connectivity index (χ0) is 19.8. The maximum Gasteiger partial charge on any atom is 0.245 e. The van der Waals surface area contributed by atoms with Gasteiger partial charge in [0.2, 0.25) is 10.0 Å². The van der Waals surface area contributed by atoms with Crippen molar-refractivity contribution in [1.29, 1.82) is 0 Å². The second kappa shape index (κ2) is 8.14. The maximum absolute atomic E-state index is 13.2. The summed E-state index contributed by atoms with van der Waals surface area (Å²) in [5, 5.41) is 1.23. The van der Waals surface area contributed by atoms with Crippen LogP contribution in [0.25, 0.3) is 0 Å². The minimum atomic E-state index is -3.63. The Morgan fingerprint density at radius 1 is 0.893 bits per heavy atom. The molecular formula is C19H20Cl2N2O3S2. The van der Waals surface area contributed by atoms with Crippen LogP contribution in [0.2, 0.25) is 10.0 Å². The van der Waals surface area contributed by atoms with Crippen LogP contribution >= 0.6 is 35.1 Å². The normalized spacial score (nSPS) is 20.6. The molecule has 2 aromatic carbocycles. The molecule has 0 N–H and O–H groups in total. The molecule has 9 heteroatoms. The van der Waals surface area contributed by atoms with Crippen molar-refractivity contribution < 1.29 is 13.2 Å². The molecule has 2 aliphatic rings. The number of nitrogens with zero attached hydrogens (tertiary/aromatic N) is 2. The van der Waals surface area contributed by atoms with Gasteiger partial charge in [0.05, 0.1) is 11.5 Å². The quantitative estimate of drug-likeness (QED) is 0.630. The van der Waals surface area contributed by atoms with Gasteiger partial charge >= 0.3 is 0 Å². The number of sulfonamides is 1. The van der Waals surface area contributed by atoms with E-state index in [9.17, 15) is 8.42 Å².